The van der Waals surface area contributed by atoms with Crippen LogP contribution in [0.4, 0.5) is 11.5 Å². The van der Waals surface area contributed by atoms with Crippen LogP contribution in [0, 0.1) is 12.3 Å². The molecular weight excluding hydrogens is 484 g/mol. The summed E-state index contributed by atoms with van der Waals surface area (Å²) in [5.74, 6) is 2.96. The summed E-state index contributed by atoms with van der Waals surface area (Å²) < 4.78 is 6.35. The van der Waals surface area contributed by atoms with Gasteiger partial charge >= 0.3 is 0 Å². The Morgan fingerprint density at radius 1 is 1.08 bits per heavy atom. The van der Waals surface area contributed by atoms with Crippen molar-refractivity contribution in [1.82, 2.24) is 9.97 Å². The lowest BCUT2D eigenvalue weighted by molar-refractivity contribution is -0.117. The van der Waals surface area contributed by atoms with E-state index in [1.54, 1.807) is 6.92 Å². The second-order valence-corrected chi connectivity index (χ2v) is 12.4. The molecule has 0 N–H and O–H groups in total. The summed E-state index contributed by atoms with van der Waals surface area (Å²) in [6.07, 6.45) is 5.03. The number of hydrogen-bond donors (Lipinski definition) is 0. The number of aryl methyl sites for hydroxylation is 3. The third-order valence-electron chi connectivity index (χ3n) is 8.31. The van der Waals surface area contributed by atoms with Gasteiger partial charge in [0.25, 0.3) is 0 Å². The molecule has 0 spiro atoms. The maximum atomic E-state index is 11.7. The maximum absolute atomic E-state index is 11.7. The first-order valence-corrected chi connectivity index (χ1v) is 14.2. The molecule has 202 valence electrons. The highest BCUT2D eigenvalue weighted by Gasteiger charge is 2.32. The minimum atomic E-state index is 0.173. The normalized spacial score (nSPS) is 17.5. The van der Waals surface area contributed by atoms with Gasteiger partial charge < -0.3 is 14.4 Å². The van der Waals surface area contributed by atoms with Gasteiger partial charge in [0, 0.05) is 48.3 Å². The second-order valence-electron chi connectivity index (χ2n) is 12.4. The van der Waals surface area contributed by atoms with E-state index in [2.05, 4.69) is 62.9 Å². The van der Waals surface area contributed by atoms with E-state index in [1.165, 1.54) is 33.5 Å². The Labute approximate surface area is 231 Å². The molecular formula is C33H38N4O2. The lowest BCUT2D eigenvalue weighted by atomic mass is 9.76. The number of carbonyl (C=O) groups is 1. The third-order valence-corrected chi connectivity index (χ3v) is 8.31. The van der Waals surface area contributed by atoms with Crippen LogP contribution in [-0.4, -0.2) is 34.6 Å². The minimum absolute atomic E-state index is 0.173. The van der Waals surface area contributed by atoms with Crippen molar-refractivity contribution in [2.24, 2.45) is 10.4 Å². The number of carbonyl (C=O) groups excluding carboxylic acids is 1. The minimum Gasteiger partial charge on any atom is -0.491 e. The van der Waals surface area contributed by atoms with E-state index in [4.69, 9.17) is 19.7 Å². The van der Waals surface area contributed by atoms with Gasteiger partial charge in [0.1, 0.15) is 29.8 Å². The molecule has 6 rings (SSSR count). The summed E-state index contributed by atoms with van der Waals surface area (Å²) in [6.45, 7) is 12.6. The van der Waals surface area contributed by atoms with Gasteiger partial charge in [-0.2, -0.15) is 0 Å². The summed E-state index contributed by atoms with van der Waals surface area (Å²) >= 11 is 0. The molecule has 0 saturated carbocycles. The fraction of sp³-hybridized carbons (Fsp3) is 0.455. The van der Waals surface area contributed by atoms with E-state index in [1.807, 2.05) is 0 Å². The summed E-state index contributed by atoms with van der Waals surface area (Å²) in [5.41, 5.74) is 10.9. The van der Waals surface area contributed by atoms with Crippen molar-refractivity contribution in [2.45, 2.75) is 79.7 Å². The van der Waals surface area contributed by atoms with Crippen LogP contribution in [0.25, 0.3) is 11.1 Å². The average molecular weight is 523 g/mol. The molecule has 1 aliphatic carbocycles. The maximum Gasteiger partial charge on any atom is 0.136 e. The van der Waals surface area contributed by atoms with Crippen LogP contribution in [0.5, 0.6) is 5.75 Å². The number of hydrogen-bond acceptors (Lipinski definition) is 6. The topological polar surface area (TPSA) is 67.7 Å². The summed E-state index contributed by atoms with van der Waals surface area (Å²) in [4.78, 5) is 28.9. The SMILES string of the molecule is CC(=O)CCc1nc2c(c(N3CCOc4c(C)cc(-c5ccc6c(c5)N=C(C)C6)cc4C3)n1)CC(C)(C)CC2. The number of benzene rings is 2. The number of ketones is 1. The first kappa shape index (κ1) is 25.7. The van der Waals surface area contributed by atoms with Gasteiger partial charge in [-0.1, -0.05) is 26.0 Å². The Morgan fingerprint density at radius 3 is 2.74 bits per heavy atom. The van der Waals surface area contributed by atoms with E-state index in [0.29, 0.717) is 19.4 Å². The van der Waals surface area contributed by atoms with Gasteiger partial charge in [0.2, 0.25) is 0 Å². The van der Waals surface area contributed by atoms with E-state index in [0.717, 1.165) is 73.1 Å². The number of ether oxygens (including phenoxy) is 1. The Hall–Kier alpha value is -3.54. The van der Waals surface area contributed by atoms with Gasteiger partial charge in [0.05, 0.1) is 12.2 Å². The van der Waals surface area contributed by atoms with Crippen LogP contribution in [0.15, 0.2) is 35.3 Å². The monoisotopic (exact) mass is 522 g/mol. The first-order chi connectivity index (χ1) is 18.6. The Balaban J connectivity index is 1.39. The summed E-state index contributed by atoms with van der Waals surface area (Å²) in [6, 6.07) is 11.2. The lowest BCUT2D eigenvalue weighted by Gasteiger charge is -2.34. The highest BCUT2D eigenvalue weighted by molar-refractivity contribution is 5.93. The van der Waals surface area contributed by atoms with Gasteiger partial charge in [-0.25, -0.2) is 9.97 Å². The van der Waals surface area contributed by atoms with Crippen molar-refractivity contribution in [3.8, 4) is 16.9 Å². The standard InChI is InChI=1S/C33H38N4O2/c1-20-14-25(23-7-8-24-15-21(2)34-29(24)17-23)16-26-19-37(12-13-39-31(20)26)32-27-18-33(4,5)11-10-28(27)35-30(36-32)9-6-22(3)38/h7-8,14,16-17H,6,9-13,15,18-19H2,1-5H3. The molecule has 3 heterocycles. The predicted molar refractivity (Wildman–Crippen MR) is 156 cm³/mol. The molecule has 2 aliphatic heterocycles. The second kappa shape index (κ2) is 9.89. The van der Waals surface area contributed by atoms with Crippen molar-refractivity contribution >= 4 is 23.0 Å². The van der Waals surface area contributed by atoms with E-state index >= 15 is 0 Å². The molecule has 0 atom stereocenters. The molecule has 2 aromatic carbocycles. The molecule has 0 radical (unpaired) electrons. The zero-order valence-electron chi connectivity index (χ0n) is 23.9. The number of anilines is 1. The largest absolute Gasteiger partial charge is 0.491 e. The smallest absolute Gasteiger partial charge is 0.136 e. The van der Waals surface area contributed by atoms with Gasteiger partial charge in [-0.3, -0.25) is 4.99 Å². The fourth-order valence-corrected chi connectivity index (χ4v) is 6.22. The molecule has 0 amide bonds. The number of aromatic nitrogens is 2. The van der Waals surface area contributed by atoms with Gasteiger partial charge in [-0.05, 0) is 85.9 Å². The quantitative estimate of drug-likeness (QED) is 0.381. The average Bonchev–Trinajstić information content (AvgIpc) is 3.12. The zero-order valence-corrected chi connectivity index (χ0v) is 23.9. The molecule has 3 aliphatic rings. The van der Waals surface area contributed by atoms with Crippen LogP contribution in [0.1, 0.15) is 74.3 Å². The molecule has 39 heavy (non-hydrogen) atoms. The van der Waals surface area contributed by atoms with Crippen molar-refractivity contribution < 1.29 is 9.53 Å². The van der Waals surface area contributed by atoms with Crippen LogP contribution >= 0.6 is 0 Å². The molecule has 3 aromatic rings. The first-order valence-electron chi connectivity index (χ1n) is 14.2. The highest BCUT2D eigenvalue weighted by Crippen LogP contribution is 2.40. The Bertz CT molecular complexity index is 1500. The van der Waals surface area contributed by atoms with Crippen LogP contribution in [0.3, 0.4) is 0 Å². The van der Waals surface area contributed by atoms with E-state index < -0.39 is 0 Å². The van der Waals surface area contributed by atoms with E-state index in [9.17, 15) is 4.79 Å². The van der Waals surface area contributed by atoms with E-state index in [-0.39, 0.29) is 11.2 Å². The molecule has 0 saturated heterocycles. The Kier molecular flexibility index (Phi) is 6.52. The predicted octanol–water partition coefficient (Wildman–Crippen LogP) is 6.54. The molecule has 0 unspecified atom stereocenters. The van der Waals surface area contributed by atoms with Crippen molar-refractivity contribution in [3.63, 3.8) is 0 Å². The Morgan fingerprint density at radius 2 is 1.92 bits per heavy atom. The fourth-order valence-electron chi connectivity index (χ4n) is 6.22. The molecule has 1 aromatic heterocycles. The summed E-state index contributed by atoms with van der Waals surface area (Å²) in [7, 11) is 0. The van der Waals surface area contributed by atoms with Crippen LogP contribution in [-0.2, 0) is 37.0 Å². The van der Waals surface area contributed by atoms with Crippen molar-refractivity contribution in [1.29, 1.82) is 0 Å². The molecule has 6 heteroatoms. The number of fused-ring (bicyclic) bond motifs is 3. The zero-order chi connectivity index (χ0) is 27.3. The number of Topliss-reactive ketones (excluding diaryl/α,β-unsaturated/α-hetero) is 1. The number of aliphatic imine (C=N–C) groups is 1. The third kappa shape index (κ3) is 5.21. The van der Waals surface area contributed by atoms with Crippen LogP contribution < -0.4 is 9.64 Å². The van der Waals surface area contributed by atoms with Crippen LogP contribution in [0.2, 0.25) is 0 Å². The number of rotatable bonds is 5. The molecule has 0 fully saturated rings. The lowest BCUT2D eigenvalue weighted by Crippen LogP contribution is -2.32. The van der Waals surface area contributed by atoms with Gasteiger partial charge in [0.15, 0.2) is 0 Å². The van der Waals surface area contributed by atoms with Crippen molar-refractivity contribution in [2.75, 3.05) is 18.1 Å². The van der Waals surface area contributed by atoms with Gasteiger partial charge in [-0.15, -0.1) is 0 Å². The highest BCUT2D eigenvalue weighted by atomic mass is 16.5. The number of nitrogens with zero attached hydrogens (tertiary/aromatic N) is 4. The molecule has 6 nitrogen and oxygen atoms in total. The molecule has 0 bridgehead atoms. The van der Waals surface area contributed by atoms with Crippen molar-refractivity contribution in [3.05, 3.63) is 64.1 Å². The summed E-state index contributed by atoms with van der Waals surface area (Å²) in [5, 5.41) is 0.